The van der Waals surface area contributed by atoms with Crippen molar-refractivity contribution in [1.29, 1.82) is 0 Å². The third kappa shape index (κ3) is 1.83. The molecule has 0 aromatic carbocycles. The van der Waals surface area contributed by atoms with Crippen molar-refractivity contribution < 1.29 is 4.79 Å². The lowest BCUT2D eigenvalue weighted by atomic mass is 9.51. The number of hydrogen-bond acceptors (Lipinski definition) is 3. The van der Waals surface area contributed by atoms with Gasteiger partial charge < -0.3 is 16.5 Å². The predicted molar refractivity (Wildman–Crippen MR) is 75.8 cm³/mol. The number of H-pyrrole nitrogens is 1. The van der Waals surface area contributed by atoms with E-state index in [9.17, 15) is 4.79 Å². The van der Waals surface area contributed by atoms with Gasteiger partial charge in [-0.25, -0.2) is 4.98 Å². The van der Waals surface area contributed by atoms with Gasteiger partial charge in [0.05, 0.1) is 0 Å². The van der Waals surface area contributed by atoms with Crippen molar-refractivity contribution >= 4 is 11.7 Å². The molecular weight excluding hydrogens is 252 g/mol. The number of carbonyl (C=O) groups is 1. The highest BCUT2D eigenvalue weighted by Crippen LogP contribution is 2.57. The lowest BCUT2D eigenvalue weighted by Crippen LogP contribution is -2.45. The first-order valence-electron chi connectivity index (χ1n) is 7.74. The average Bonchev–Trinajstić information content (AvgIpc) is 2.74. The maximum Gasteiger partial charge on any atom is 0.269 e. The first-order valence-corrected chi connectivity index (χ1v) is 7.74. The van der Waals surface area contributed by atoms with Crippen LogP contribution in [0.1, 0.15) is 48.4 Å². The minimum atomic E-state index is -0.522. The van der Waals surface area contributed by atoms with E-state index in [-0.39, 0.29) is 11.5 Å². The number of primary amides is 1. The molecule has 4 saturated carbocycles. The zero-order valence-electron chi connectivity index (χ0n) is 11.6. The molecule has 5 N–H and O–H groups in total. The maximum absolute atomic E-state index is 11.2. The van der Waals surface area contributed by atoms with E-state index in [1.54, 1.807) is 0 Å². The molecule has 5 heteroatoms. The number of rotatable bonds is 3. The minimum Gasteiger partial charge on any atom is -0.382 e. The normalized spacial score (nSPS) is 38.3. The molecule has 4 fully saturated rings. The number of nitrogens with zero attached hydrogens (tertiary/aromatic N) is 1. The topological polar surface area (TPSA) is 97.8 Å². The van der Waals surface area contributed by atoms with Gasteiger partial charge in [-0.05, 0) is 61.7 Å². The van der Waals surface area contributed by atoms with E-state index < -0.39 is 5.91 Å². The van der Waals surface area contributed by atoms with Gasteiger partial charge in [0.1, 0.15) is 11.5 Å². The molecule has 0 radical (unpaired) electrons. The number of amides is 1. The highest BCUT2D eigenvalue weighted by atomic mass is 16.1. The van der Waals surface area contributed by atoms with Crippen LogP contribution in [-0.4, -0.2) is 15.9 Å². The third-order valence-electron chi connectivity index (χ3n) is 5.88. The Labute approximate surface area is 118 Å². The fraction of sp³-hybridized carbons (Fsp3) is 0.733. The molecule has 4 bridgehead atoms. The van der Waals surface area contributed by atoms with Crippen molar-refractivity contribution in [2.45, 2.75) is 38.5 Å². The van der Waals surface area contributed by atoms with E-state index in [1.807, 2.05) is 0 Å². The van der Waals surface area contributed by atoms with Crippen LogP contribution in [0.25, 0.3) is 0 Å². The third-order valence-corrected chi connectivity index (χ3v) is 5.88. The summed E-state index contributed by atoms with van der Waals surface area (Å²) in [5.74, 6) is 4.96. The Hall–Kier alpha value is -1.52. The molecule has 1 aromatic rings. The summed E-state index contributed by atoms with van der Waals surface area (Å²) in [6, 6.07) is 0. The molecule has 0 spiro atoms. The Kier molecular flexibility index (Phi) is 2.59. The Morgan fingerprint density at radius 3 is 2.25 bits per heavy atom. The highest BCUT2D eigenvalue weighted by Gasteiger charge is 2.48. The first-order chi connectivity index (χ1) is 9.60. The molecule has 0 saturated heterocycles. The van der Waals surface area contributed by atoms with Gasteiger partial charge in [0, 0.05) is 6.42 Å². The van der Waals surface area contributed by atoms with E-state index in [2.05, 4.69) is 9.97 Å². The Bertz CT molecular complexity index is 522. The second kappa shape index (κ2) is 4.24. The van der Waals surface area contributed by atoms with E-state index in [4.69, 9.17) is 11.5 Å². The lowest BCUT2D eigenvalue weighted by molar-refractivity contribution is -0.0366. The van der Waals surface area contributed by atoms with Gasteiger partial charge in [0.25, 0.3) is 5.91 Å². The number of aromatic nitrogens is 2. The molecule has 4 aliphatic carbocycles. The molecule has 1 heterocycles. The Morgan fingerprint density at radius 1 is 1.15 bits per heavy atom. The van der Waals surface area contributed by atoms with Crippen LogP contribution < -0.4 is 11.5 Å². The molecule has 0 aliphatic heterocycles. The number of imidazole rings is 1. The van der Waals surface area contributed by atoms with Crippen molar-refractivity contribution in [2.75, 3.05) is 5.73 Å². The van der Waals surface area contributed by atoms with Gasteiger partial charge >= 0.3 is 0 Å². The Balaban J connectivity index is 1.54. The van der Waals surface area contributed by atoms with E-state index in [0.717, 1.165) is 35.9 Å². The van der Waals surface area contributed by atoms with Gasteiger partial charge in [-0.1, -0.05) is 0 Å². The molecule has 1 aromatic heterocycles. The van der Waals surface area contributed by atoms with Crippen molar-refractivity contribution in [3.05, 3.63) is 11.5 Å². The number of anilines is 1. The molecule has 0 unspecified atom stereocenters. The average molecular weight is 274 g/mol. The van der Waals surface area contributed by atoms with Crippen LogP contribution in [-0.2, 0) is 6.42 Å². The summed E-state index contributed by atoms with van der Waals surface area (Å²) in [6.07, 6.45) is 7.99. The zero-order valence-corrected chi connectivity index (χ0v) is 11.6. The second-order valence-corrected chi connectivity index (χ2v) is 7.11. The van der Waals surface area contributed by atoms with Crippen molar-refractivity contribution in [2.24, 2.45) is 35.3 Å². The fourth-order valence-electron chi connectivity index (χ4n) is 5.32. The van der Waals surface area contributed by atoms with E-state index >= 15 is 0 Å². The minimum absolute atomic E-state index is 0.247. The van der Waals surface area contributed by atoms with Gasteiger partial charge in [-0.15, -0.1) is 0 Å². The van der Waals surface area contributed by atoms with Crippen molar-refractivity contribution in [3.63, 3.8) is 0 Å². The van der Waals surface area contributed by atoms with Crippen LogP contribution in [0.15, 0.2) is 0 Å². The number of nitrogens with two attached hydrogens (primary N) is 2. The first kappa shape index (κ1) is 12.2. The zero-order chi connectivity index (χ0) is 13.9. The van der Waals surface area contributed by atoms with Crippen LogP contribution in [0.3, 0.4) is 0 Å². The highest BCUT2D eigenvalue weighted by molar-refractivity contribution is 5.95. The molecule has 4 aliphatic rings. The van der Waals surface area contributed by atoms with Gasteiger partial charge in [-0.2, -0.15) is 0 Å². The molecule has 108 valence electrons. The molecule has 5 nitrogen and oxygen atoms in total. The van der Waals surface area contributed by atoms with Crippen LogP contribution in [0.4, 0.5) is 5.82 Å². The molecule has 1 amide bonds. The van der Waals surface area contributed by atoms with Crippen molar-refractivity contribution in [1.82, 2.24) is 9.97 Å². The van der Waals surface area contributed by atoms with E-state index in [0.29, 0.717) is 5.92 Å². The molecule has 20 heavy (non-hydrogen) atoms. The Morgan fingerprint density at radius 2 is 1.75 bits per heavy atom. The largest absolute Gasteiger partial charge is 0.382 e. The second-order valence-electron chi connectivity index (χ2n) is 7.11. The van der Waals surface area contributed by atoms with Crippen LogP contribution in [0, 0.1) is 29.6 Å². The van der Waals surface area contributed by atoms with Crippen LogP contribution >= 0.6 is 0 Å². The number of hydrogen-bond donors (Lipinski definition) is 3. The molecular formula is C15H22N4O. The standard InChI is InChI=1S/C15H22N4O/c16-14-13(15(17)20)18-12(19-14)6-11-9-2-7-1-8(4-9)5-10(11)3-7/h7-11H,1-6,16H2,(H2,17,20)(H,18,19). The summed E-state index contributed by atoms with van der Waals surface area (Å²) in [7, 11) is 0. The summed E-state index contributed by atoms with van der Waals surface area (Å²) < 4.78 is 0. The predicted octanol–water partition coefficient (Wildman–Crippen LogP) is 1.71. The SMILES string of the molecule is NC(=O)c1[nH]c(CC2C3CC4CC(C3)CC2C4)nc1N. The van der Waals surface area contributed by atoms with Gasteiger partial charge in [-0.3, -0.25) is 4.79 Å². The number of nitrogen functional groups attached to an aromatic ring is 1. The van der Waals surface area contributed by atoms with Crippen molar-refractivity contribution in [3.8, 4) is 0 Å². The molecule has 0 atom stereocenters. The maximum atomic E-state index is 11.2. The summed E-state index contributed by atoms with van der Waals surface area (Å²) in [4.78, 5) is 18.6. The van der Waals surface area contributed by atoms with Gasteiger partial charge in [0.2, 0.25) is 0 Å². The van der Waals surface area contributed by atoms with E-state index in [1.165, 1.54) is 32.1 Å². The molecule has 5 rings (SSSR count). The lowest BCUT2D eigenvalue weighted by Gasteiger charge is -2.54. The summed E-state index contributed by atoms with van der Waals surface area (Å²) in [6.45, 7) is 0. The summed E-state index contributed by atoms with van der Waals surface area (Å²) >= 11 is 0. The van der Waals surface area contributed by atoms with Crippen LogP contribution in [0.5, 0.6) is 0 Å². The van der Waals surface area contributed by atoms with Gasteiger partial charge in [0.15, 0.2) is 5.82 Å². The summed E-state index contributed by atoms with van der Waals surface area (Å²) in [5.41, 5.74) is 11.3. The number of nitrogens with one attached hydrogen (secondary N) is 1. The fourth-order valence-corrected chi connectivity index (χ4v) is 5.32. The van der Waals surface area contributed by atoms with Crippen LogP contribution in [0.2, 0.25) is 0 Å². The number of aromatic amines is 1. The number of carbonyl (C=O) groups excluding carboxylic acids is 1. The smallest absolute Gasteiger partial charge is 0.269 e. The quantitative estimate of drug-likeness (QED) is 0.782. The summed E-state index contributed by atoms with van der Waals surface area (Å²) in [5, 5.41) is 0. The monoisotopic (exact) mass is 274 g/mol.